The molecule has 0 fully saturated rings. The Hall–Kier alpha value is -1.55. The first-order valence-electron chi connectivity index (χ1n) is 7.73. The summed E-state index contributed by atoms with van der Waals surface area (Å²) < 4.78 is 5.15. The number of nitrogens with one attached hydrogen (secondary N) is 2. The van der Waals surface area contributed by atoms with Crippen LogP contribution in [0.2, 0.25) is 0 Å². The number of amides is 1. The van der Waals surface area contributed by atoms with Crippen molar-refractivity contribution in [3.05, 3.63) is 29.8 Å². The molecule has 0 aliphatic heterocycles. The Labute approximate surface area is 128 Å². The topological polar surface area (TPSA) is 50.4 Å². The molecule has 2 N–H and O–H groups in total. The third-order valence-corrected chi connectivity index (χ3v) is 3.39. The van der Waals surface area contributed by atoms with Crippen molar-refractivity contribution in [1.29, 1.82) is 0 Å². The van der Waals surface area contributed by atoms with Gasteiger partial charge in [0.1, 0.15) is 5.75 Å². The Bertz CT molecular complexity index is 415. The van der Waals surface area contributed by atoms with E-state index < -0.39 is 0 Å². The summed E-state index contributed by atoms with van der Waals surface area (Å²) in [7, 11) is 1.65. The van der Waals surface area contributed by atoms with Crippen molar-refractivity contribution in [3.63, 3.8) is 0 Å². The average Bonchev–Trinajstić information content (AvgIpc) is 2.49. The molecule has 0 heterocycles. The number of carbonyl (C=O) groups is 1. The molecule has 21 heavy (non-hydrogen) atoms. The van der Waals surface area contributed by atoms with Gasteiger partial charge in [-0.1, -0.05) is 32.9 Å². The maximum Gasteiger partial charge on any atom is 0.220 e. The van der Waals surface area contributed by atoms with Crippen LogP contribution < -0.4 is 15.4 Å². The fourth-order valence-electron chi connectivity index (χ4n) is 2.16. The van der Waals surface area contributed by atoms with E-state index in [0.717, 1.165) is 30.7 Å². The number of carbonyl (C=O) groups excluding carboxylic acids is 1. The lowest BCUT2D eigenvalue weighted by Crippen LogP contribution is -2.29. The molecule has 0 saturated carbocycles. The lowest BCUT2D eigenvalue weighted by atomic mass is 10.0. The second kappa shape index (κ2) is 9.40. The van der Waals surface area contributed by atoms with E-state index in [0.29, 0.717) is 12.5 Å². The van der Waals surface area contributed by atoms with Crippen LogP contribution in [0.3, 0.4) is 0 Å². The minimum Gasteiger partial charge on any atom is -0.497 e. The van der Waals surface area contributed by atoms with Gasteiger partial charge in [-0.15, -0.1) is 0 Å². The van der Waals surface area contributed by atoms with Crippen LogP contribution in [-0.4, -0.2) is 25.6 Å². The van der Waals surface area contributed by atoms with Crippen LogP contribution in [0.5, 0.6) is 5.75 Å². The molecule has 0 saturated heterocycles. The summed E-state index contributed by atoms with van der Waals surface area (Å²) in [6, 6.07) is 8.41. The van der Waals surface area contributed by atoms with Crippen molar-refractivity contribution in [3.8, 4) is 5.75 Å². The molecule has 4 nitrogen and oxygen atoms in total. The van der Waals surface area contributed by atoms with E-state index in [1.807, 2.05) is 24.3 Å². The summed E-state index contributed by atoms with van der Waals surface area (Å²) in [6.07, 6.45) is 2.30. The predicted octanol–water partition coefficient (Wildman–Crippen LogP) is 3.04. The van der Waals surface area contributed by atoms with E-state index in [-0.39, 0.29) is 11.9 Å². The summed E-state index contributed by atoms with van der Waals surface area (Å²) in [4.78, 5) is 12.0. The normalized spacial score (nSPS) is 12.2. The molecule has 0 aromatic heterocycles. The van der Waals surface area contributed by atoms with Gasteiger partial charge in [0.25, 0.3) is 0 Å². The maximum absolute atomic E-state index is 12.0. The minimum absolute atomic E-state index is 0.0708. The molecule has 0 bridgehead atoms. The van der Waals surface area contributed by atoms with E-state index in [4.69, 9.17) is 4.74 Å². The zero-order valence-electron chi connectivity index (χ0n) is 13.6. The zero-order valence-corrected chi connectivity index (χ0v) is 13.6. The second-order valence-corrected chi connectivity index (χ2v) is 5.51. The average molecular weight is 292 g/mol. The van der Waals surface area contributed by atoms with Gasteiger partial charge in [0.15, 0.2) is 0 Å². The van der Waals surface area contributed by atoms with Gasteiger partial charge in [0, 0.05) is 12.5 Å². The lowest BCUT2D eigenvalue weighted by Gasteiger charge is -2.18. The predicted molar refractivity (Wildman–Crippen MR) is 86.5 cm³/mol. The highest BCUT2D eigenvalue weighted by Crippen LogP contribution is 2.20. The molecule has 0 aliphatic rings. The van der Waals surface area contributed by atoms with Crippen molar-refractivity contribution in [1.82, 2.24) is 10.6 Å². The number of hydrogen-bond donors (Lipinski definition) is 2. The fourth-order valence-corrected chi connectivity index (χ4v) is 2.16. The third-order valence-electron chi connectivity index (χ3n) is 3.39. The van der Waals surface area contributed by atoms with Gasteiger partial charge in [-0.2, -0.15) is 0 Å². The van der Waals surface area contributed by atoms with Crippen molar-refractivity contribution < 1.29 is 9.53 Å². The third kappa shape index (κ3) is 6.63. The van der Waals surface area contributed by atoms with Crippen LogP contribution in [0.1, 0.15) is 51.6 Å². The highest BCUT2D eigenvalue weighted by Gasteiger charge is 2.12. The van der Waals surface area contributed by atoms with Gasteiger partial charge in [-0.3, -0.25) is 4.79 Å². The quantitative estimate of drug-likeness (QED) is 0.688. The van der Waals surface area contributed by atoms with Crippen molar-refractivity contribution in [2.75, 3.05) is 13.7 Å². The van der Waals surface area contributed by atoms with Crippen molar-refractivity contribution in [2.24, 2.45) is 0 Å². The summed E-state index contributed by atoms with van der Waals surface area (Å²) in [5.41, 5.74) is 1.12. The molecular weight excluding hydrogens is 264 g/mol. The first-order valence-corrected chi connectivity index (χ1v) is 7.73. The van der Waals surface area contributed by atoms with E-state index in [1.165, 1.54) is 0 Å². The van der Waals surface area contributed by atoms with Crippen LogP contribution in [0, 0.1) is 0 Å². The van der Waals surface area contributed by atoms with Gasteiger partial charge >= 0.3 is 0 Å². The number of benzene rings is 1. The van der Waals surface area contributed by atoms with Crippen molar-refractivity contribution in [2.45, 2.75) is 52.1 Å². The van der Waals surface area contributed by atoms with E-state index in [1.54, 1.807) is 7.11 Å². The Balaban J connectivity index is 2.43. The summed E-state index contributed by atoms with van der Waals surface area (Å²) >= 11 is 0. The summed E-state index contributed by atoms with van der Waals surface area (Å²) in [5.74, 6) is 0.947. The molecule has 1 aromatic carbocycles. The van der Waals surface area contributed by atoms with Crippen molar-refractivity contribution >= 4 is 5.91 Å². The highest BCUT2D eigenvalue weighted by molar-refractivity contribution is 5.76. The number of rotatable bonds is 9. The molecular formula is C17H28N2O2. The molecule has 1 unspecified atom stereocenters. The Morgan fingerprint density at radius 3 is 2.43 bits per heavy atom. The molecule has 1 amide bonds. The first-order chi connectivity index (χ1) is 10.1. The van der Waals surface area contributed by atoms with Crippen LogP contribution in [0.25, 0.3) is 0 Å². The van der Waals surface area contributed by atoms with Gasteiger partial charge < -0.3 is 15.4 Å². The van der Waals surface area contributed by atoms with E-state index in [9.17, 15) is 4.79 Å². The van der Waals surface area contributed by atoms with E-state index >= 15 is 0 Å². The number of methoxy groups -OCH3 is 1. The van der Waals surface area contributed by atoms with Crippen LogP contribution in [0.4, 0.5) is 0 Å². The first kappa shape index (κ1) is 17.5. The Morgan fingerprint density at radius 1 is 1.24 bits per heavy atom. The SMILES string of the molecule is CCC(NC(=O)CCCNC(C)C)c1ccc(OC)cc1. The van der Waals surface area contributed by atoms with Crippen LogP contribution >= 0.6 is 0 Å². The summed E-state index contributed by atoms with van der Waals surface area (Å²) in [6.45, 7) is 7.17. The smallest absolute Gasteiger partial charge is 0.220 e. The molecule has 0 spiro atoms. The Kier molecular flexibility index (Phi) is 7.83. The zero-order chi connectivity index (χ0) is 15.7. The van der Waals surface area contributed by atoms with Gasteiger partial charge in [-0.05, 0) is 37.1 Å². The molecule has 0 radical (unpaired) electrons. The fraction of sp³-hybridized carbons (Fsp3) is 0.588. The lowest BCUT2D eigenvalue weighted by molar-refractivity contribution is -0.122. The van der Waals surface area contributed by atoms with Crippen LogP contribution in [0.15, 0.2) is 24.3 Å². The molecule has 1 atom stereocenters. The van der Waals surface area contributed by atoms with Gasteiger partial charge in [0.2, 0.25) is 5.91 Å². The molecule has 1 aromatic rings. The maximum atomic E-state index is 12.0. The number of hydrogen-bond acceptors (Lipinski definition) is 3. The standard InChI is InChI=1S/C17H28N2O2/c1-5-16(14-8-10-15(21-4)11-9-14)19-17(20)7-6-12-18-13(2)3/h8-11,13,16,18H,5-7,12H2,1-4H3,(H,19,20). The van der Waals surface area contributed by atoms with E-state index in [2.05, 4.69) is 31.4 Å². The molecule has 0 aliphatic carbocycles. The molecule has 4 heteroatoms. The second-order valence-electron chi connectivity index (χ2n) is 5.51. The largest absolute Gasteiger partial charge is 0.497 e. The molecule has 1 rings (SSSR count). The van der Waals surface area contributed by atoms with Crippen LogP contribution in [-0.2, 0) is 4.79 Å². The molecule has 118 valence electrons. The number of ether oxygens (including phenoxy) is 1. The minimum atomic E-state index is 0.0708. The van der Waals surface area contributed by atoms with Gasteiger partial charge in [0.05, 0.1) is 13.2 Å². The Morgan fingerprint density at radius 2 is 1.90 bits per heavy atom. The monoisotopic (exact) mass is 292 g/mol. The highest BCUT2D eigenvalue weighted by atomic mass is 16.5. The summed E-state index contributed by atoms with van der Waals surface area (Å²) in [5, 5.41) is 6.42. The van der Waals surface area contributed by atoms with Gasteiger partial charge in [-0.25, -0.2) is 0 Å².